The van der Waals surface area contributed by atoms with Gasteiger partial charge in [0.25, 0.3) is 0 Å². The summed E-state index contributed by atoms with van der Waals surface area (Å²) in [4.78, 5) is 25.3. The molecule has 0 saturated heterocycles. The van der Waals surface area contributed by atoms with Crippen LogP contribution in [0.2, 0.25) is 10.0 Å². The molecule has 0 aromatic heterocycles. The van der Waals surface area contributed by atoms with E-state index in [1.807, 2.05) is 13.8 Å². The molecule has 0 spiro atoms. The van der Waals surface area contributed by atoms with Crippen molar-refractivity contribution in [3.63, 3.8) is 0 Å². The molecule has 2 N–H and O–H groups in total. The fraction of sp³-hybridized carbons (Fsp3) is 0.368. The summed E-state index contributed by atoms with van der Waals surface area (Å²) >= 11 is 12.4. The molecule has 2 aliphatic rings. The van der Waals surface area contributed by atoms with Crippen molar-refractivity contribution in [3.05, 3.63) is 56.6 Å². The summed E-state index contributed by atoms with van der Waals surface area (Å²) in [6.07, 6.45) is 0.984. The van der Waals surface area contributed by atoms with Gasteiger partial charge in [0, 0.05) is 27.5 Å². The number of hydrogen-bond acceptors (Lipinski definition) is 5. The molecule has 0 amide bonds. The molecule has 5 nitrogen and oxygen atoms in total. The number of methoxy groups -OCH3 is 1. The lowest BCUT2D eigenvalue weighted by molar-refractivity contribution is -0.136. The zero-order chi connectivity index (χ0) is 19.2. The van der Waals surface area contributed by atoms with Gasteiger partial charge in [-0.15, -0.1) is 0 Å². The Hall–Kier alpha value is -1.98. The Bertz CT molecular complexity index is 870. The number of esters is 1. The highest BCUT2D eigenvalue weighted by molar-refractivity contribution is 6.35. The molecule has 1 aliphatic carbocycles. The molecule has 0 radical (unpaired) electrons. The third kappa shape index (κ3) is 2.99. The predicted molar refractivity (Wildman–Crippen MR) is 98.6 cm³/mol. The smallest absolute Gasteiger partial charge is 0.340 e. The molecule has 0 bridgehead atoms. The van der Waals surface area contributed by atoms with E-state index in [1.165, 1.54) is 7.11 Å². The van der Waals surface area contributed by atoms with E-state index in [1.54, 1.807) is 18.2 Å². The highest BCUT2D eigenvalue weighted by atomic mass is 35.5. The van der Waals surface area contributed by atoms with Crippen LogP contribution in [0.3, 0.4) is 0 Å². The molecule has 0 fully saturated rings. The quantitative estimate of drug-likeness (QED) is 0.762. The van der Waals surface area contributed by atoms with Gasteiger partial charge in [-0.05, 0) is 24.1 Å². The van der Waals surface area contributed by atoms with Gasteiger partial charge in [0.1, 0.15) is 11.3 Å². The number of allylic oxidation sites excluding steroid dienone is 2. The maximum atomic E-state index is 12.8. The average molecular weight is 396 g/mol. The molecule has 1 atom stereocenters. The Labute approximate surface area is 161 Å². The van der Waals surface area contributed by atoms with E-state index in [0.29, 0.717) is 39.8 Å². The number of Topliss-reactive ketones (excluding diaryl/α,β-unsaturated/α-hetero) is 1. The molecule has 1 aliphatic heterocycles. The summed E-state index contributed by atoms with van der Waals surface area (Å²) in [6, 6.07) is 4.91. The second-order valence-corrected chi connectivity index (χ2v) is 7.86. The summed E-state index contributed by atoms with van der Waals surface area (Å²) < 4.78 is 10.7. The van der Waals surface area contributed by atoms with Gasteiger partial charge in [-0.25, -0.2) is 4.79 Å². The topological polar surface area (TPSA) is 78.6 Å². The van der Waals surface area contributed by atoms with Gasteiger partial charge < -0.3 is 15.2 Å². The van der Waals surface area contributed by atoms with E-state index in [2.05, 4.69) is 0 Å². The lowest BCUT2D eigenvalue weighted by Crippen LogP contribution is -2.37. The molecular formula is C19H19Cl2NO4. The van der Waals surface area contributed by atoms with E-state index in [-0.39, 0.29) is 17.2 Å². The van der Waals surface area contributed by atoms with Crippen molar-refractivity contribution in [2.24, 2.45) is 11.1 Å². The molecule has 3 rings (SSSR count). The van der Waals surface area contributed by atoms with Gasteiger partial charge in [-0.3, -0.25) is 4.79 Å². The molecule has 1 unspecified atom stereocenters. The second-order valence-electron chi connectivity index (χ2n) is 7.02. The van der Waals surface area contributed by atoms with Crippen molar-refractivity contribution in [2.75, 3.05) is 7.11 Å². The molecule has 1 heterocycles. The number of nitrogens with two attached hydrogens (primary N) is 1. The van der Waals surface area contributed by atoms with E-state index in [9.17, 15) is 9.59 Å². The number of benzene rings is 1. The maximum Gasteiger partial charge on any atom is 0.340 e. The zero-order valence-electron chi connectivity index (χ0n) is 14.7. The first kappa shape index (κ1) is 18.8. The molecule has 26 heavy (non-hydrogen) atoms. The number of halogens is 2. The standard InChI is InChI=1S/C19H19Cl2NO4/c1-19(2)7-6-12(23)14-13(10-5-4-9(20)8-11(10)21)15(18(24)25-3)17(22)26-16(14)19/h4-5,8,13H,6-7,22H2,1-3H3. The first-order valence-electron chi connectivity index (χ1n) is 8.16. The van der Waals surface area contributed by atoms with Crippen molar-refractivity contribution in [2.45, 2.75) is 32.6 Å². The number of ether oxygens (including phenoxy) is 2. The molecule has 0 saturated carbocycles. The largest absolute Gasteiger partial charge is 0.465 e. The van der Waals surface area contributed by atoms with Crippen LogP contribution in [0, 0.1) is 5.41 Å². The number of rotatable bonds is 2. The van der Waals surface area contributed by atoms with Gasteiger partial charge in [-0.2, -0.15) is 0 Å². The van der Waals surface area contributed by atoms with Crippen molar-refractivity contribution >= 4 is 35.0 Å². The van der Waals surface area contributed by atoms with Crippen LogP contribution in [0.25, 0.3) is 0 Å². The molecule has 138 valence electrons. The number of carbonyl (C=O) groups is 2. The van der Waals surface area contributed by atoms with Crippen LogP contribution in [0.15, 0.2) is 41.0 Å². The van der Waals surface area contributed by atoms with Gasteiger partial charge in [0.2, 0.25) is 5.88 Å². The predicted octanol–water partition coefficient (Wildman–Crippen LogP) is 4.09. The van der Waals surface area contributed by atoms with Crippen LogP contribution < -0.4 is 5.73 Å². The van der Waals surface area contributed by atoms with Gasteiger partial charge in [-0.1, -0.05) is 43.1 Å². The van der Waals surface area contributed by atoms with E-state index < -0.39 is 17.3 Å². The fourth-order valence-electron chi connectivity index (χ4n) is 3.48. The van der Waals surface area contributed by atoms with Crippen molar-refractivity contribution in [1.29, 1.82) is 0 Å². The Kier molecular flexibility index (Phi) is 4.80. The third-order valence-corrected chi connectivity index (χ3v) is 5.43. The third-order valence-electron chi connectivity index (χ3n) is 4.87. The number of ketones is 1. The highest BCUT2D eigenvalue weighted by Crippen LogP contribution is 2.51. The summed E-state index contributed by atoms with van der Waals surface area (Å²) in [7, 11) is 1.25. The van der Waals surface area contributed by atoms with E-state index >= 15 is 0 Å². The summed E-state index contributed by atoms with van der Waals surface area (Å²) in [6.45, 7) is 3.96. The molecule has 7 heteroatoms. The minimum atomic E-state index is -0.761. The molecule has 1 aromatic rings. The SMILES string of the molecule is COC(=O)C1=C(N)OC2=C(C(=O)CCC2(C)C)C1c1ccc(Cl)cc1Cl. The normalized spacial score (nSPS) is 22.0. The lowest BCUT2D eigenvalue weighted by Gasteiger charge is -2.39. The van der Waals surface area contributed by atoms with E-state index in [0.717, 1.165) is 0 Å². The first-order chi connectivity index (χ1) is 12.2. The van der Waals surface area contributed by atoms with Crippen LogP contribution in [-0.4, -0.2) is 18.9 Å². The molecule has 1 aromatic carbocycles. The van der Waals surface area contributed by atoms with Crippen LogP contribution in [0.4, 0.5) is 0 Å². The Morgan fingerprint density at radius 2 is 2.04 bits per heavy atom. The zero-order valence-corrected chi connectivity index (χ0v) is 16.2. The van der Waals surface area contributed by atoms with Crippen molar-refractivity contribution in [3.8, 4) is 0 Å². The molecular weight excluding hydrogens is 377 g/mol. The second kappa shape index (κ2) is 6.63. The monoisotopic (exact) mass is 395 g/mol. The lowest BCUT2D eigenvalue weighted by atomic mass is 9.69. The minimum absolute atomic E-state index is 0.0709. The summed E-state index contributed by atoms with van der Waals surface area (Å²) in [5.74, 6) is -1.11. The van der Waals surface area contributed by atoms with Gasteiger partial charge >= 0.3 is 5.97 Å². The first-order valence-corrected chi connectivity index (χ1v) is 8.91. The van der Waals surface area contributed by atoms with Crippen LogP contribution >= 0.6 is 23.2 Å². The Morgan fingerprint density at radius 3 is 2.65 bits per heavy atom. The van der Waals surface area contributed by atoms with Gasteiger partial charge in [0.05, 0.1) is 13.0 Å². The maximum absolute atomic E-state index is 12.8. The van der Waals surface area contributed by atoms with Crippen molar-refractivity contribution in [1.82, 2.24) is 0 Å². The highest BCUT2D eigenvalue weighted by Gasteiger charge is 2.47. The Balaban J connectivity index is 2.30. The van der Waals surface area contributed by atoms with Gasteiger partial charge in [0.15, 0.2) is 5.78 Å². The van der Waals surface area contributed by atoms with E-state index in [4.69, 9.17) is 38.4 Å². The average Bonchev–Trinajstić information content (AvgIpc) is 2.57. The fourth-order valence-corrected chi connectivity index (χ4v) is 3.99. The van der Waals surface area contributed by atoms with Crippen molar-refractivity contribution < 1.29 is 19.1 Å². The van der Waals surface area contributed by atoms with Crippen LogP contribution in [0.1, 0.15) is 38.2 Å². The Morgan fingerprint density at radius 1 is 1.35 bits per heavy atom. The number of hydrogen-bond donors (Lipinski definition) is 1. The number of carbonyl (C=O) groups excluding carboxylic acids is 2. The minimum Gasteiger partial charge on any atom is -0.465 e. The summed E-state index contributed by atoms with van der Waals surface area (Å²) in [5, 5.41) is 0.786. The summed E-state index contributed by atoms with van der Waals surface area (Å²) in [5.41, 5.74) is 6.71. The van der Waals surface area contributed by atoms with Crippen LogP contribution in [0.5, 0.6) is 0 Å². The van der Waals surface area contributed by atoms with Crippen LogP contribution in [-0.2, 0) is 19.1 Å².